The number of aromatic nitrogens is 1. The fourth-order valence-electron chi connectivity index (χ4n) is 3.11. The highest BCUT2D eigenvalue weighted by atomic mass is 35.5. The number of ether oxygens (including phenoxy) is 1. The van der Waals surface area contributed by atoms with E-state index in [9.17, 15) is 9.59 Å². The highest BCUT2D eigenvalue weighted by Crippen LogP contribution is 2.41. The summed E-state index contributed by atoms with van der Waals surface area (Å²) < 4.78 is 6.30. The van der Waals surface area contributed by atoms with Crippen LogP contribution in [0, 0.1) is 6.92 Å². The molecule has 0 bridgehead atoms. The van der Waals surface area contributed by atoms with Gasteiger partial charge in [-0.2, -0.15) is 0 Å². The number of carbonyl (C=O) groups is 2. The topological polar surface area (TPSA) is 79.7 Å². The van der Waals surface area contributed by atoms with Gasteiger partial charge < -0.3 is 9.84 Å². The average molecular weight is 472 g/mol. The number of anilines is 1. The van der Waals surface area contributed by atoms with Crippen LogP contribution in [-0.2, 0) is 16.1 Å². The van der Waals surface area contributed by atoms with E-state index in [1.165, 1.54) is 22.3 Å². The maximum atomic E-state index is 13.0. The molecule has 4 rings (SSSR count). The summed E-state index contributed by atoms with van der Waals surface area (Å²) in [6.07, 6.45) is -1.55. The largest absolute Gasteiger partial charge is 0.481 e. The summed E-state index contributed by atoms with van der Waals surface area (Å²) in [5.74, 6) is -1.11. The molecule has 0 aliphatic carbocycles. The summed E-state index contributed by atoms with van der Waals surface area (Å²) in [5.41, 5.74) is 1.99. The van der Waals surface area contributed by atoms with Crippen LogP contribution < -0.4 is 9.64 Å². The van der Waals surface area contributed by atoms with Crippen LogP contribution in [0.3, 0.4) is 0 Å². The number of thiazole rings is 1. The second kappa shape index (κ2) is 7.65. The molecule has 3 aromatic rings. The van der Waals surface area contributed by atoms with Crippen molar-refractivity contribution in [1.82, 2.24) is 4.98 Å². The molecule has 2 aromatic carbocycles. The van der Waals surface area contributed by atoms with Crippen molar-refractivity contribution in [3.63, 3.8) is 0 Å². The Balaban J connectivity index is 1.76. The number of halogens is 3. The first-order valence-electron chi connectivity index (χ1n) is 8.48. The van der Waals surface area contributed by atoms with Gasteiger partial charge in [0.2, 0.25) is 0 Å². The van der Waals surface area contributed by atoms with Gasteiger partial charge in [0.15, 0.2) is 6.10 Å². The second-order valence-electron chi connectivity index (χ2n) is 6.54. The third-order valence-electron chi connectivity index (χ3n) is 4.43. The fourth-order valence-corrected chi connectivity index (χ4v) is 5.01. The van der Waals surface area contributed by atoms with Gasteiger partial charge in [0.1, 0.15) is 16.3 Å². The first-order valence-corrected chi connectivity index (χ1v) is 10.4. The van der Waals surface area contributed by atoms with E-state index >= 15 is 0 Å². The van der Waals surface area contributed by atoms with E-state index in [4.69, 9.17) is 44.6 Å². The van der Waals surface area contributed by atoms with E-state index in [1.807, 2.05) is 13.0 Å². The molecule has 6 nitrogen and oxygen atoms in total. The molecule has 1 aromatic heterocycles. The van der Waals surface area contributed by atoms with Gasteiger partial charge in [0, 0.05) is 0 Å². The monoisotopic (exact) mass is 470 g/mol. The molecule has 1 unspecified atom stereocenters. The number of rotatable bonds is 4. The molecule has 150 valence electrons. The maximum absolute atomic E-state index is 13.0. The first-order chi connectivity index (χ1) is 13.7. The summed E-state index contributed by atoms with van der Waals surface area (Å²) in [6, 6.07) is 6.92. The van der Waals surface area contributed by atoms with Gasteiger partial charge in [-0.15, -0.1) is 11.3 Å². The van der Waals surface area contributed by atoms with Gasteiger partial charge in [-0.05, 0) is 30.7 Å². The van der Waals surface area contributed by atoms with E-state index in [0.29, 0.717) is 41.7 Å². The molecule has 0 spiro atoms. The van der Waals surface area contributed by atoms with Crippen LogP contribution in [0.1, 0.15) is 17.0 Å². The Hall–Kier alpha value is -2.06. The minimum absolute atomic E-state index is 0.123. The standard InChI is InChI=1S/C19H13Cl3N2O4S/c1-8-2-3-11-12(4-8)28-13(6-15(25)26)19(27)24(11)7-14-23-17-10(21)5-9(20)16(22)18(17)29-14/h2-5,13H,6-7H2,1H3,(H,25,26). The zero-order valence-electron chi connectivity index (χ0n) is 14.9. The third kappa shape index (κ3) is 3.75. The summed E-state index contributed by atoms with van der Waals surface area (Å²) >= 11 is 19.9. The lowest BCUT2D eigenvalue weighted by Crippen LogP contribution is -2.46. The molecule has 1 atom stereocenters. The molecule has 1 amide bonds. The van der Waals surface area contributed by atoms with Crippen molar-refractivity contribution in [2.75, 3.05) is 4.90 Å². The van der Waals surface area contributed by atoms with Crippen molar-refractivity contribution >= 4 is 73.9 Å². The normalized spacial score (nSPS) is 16.1. The molecule has 2 heterocycles. The van der Waals surface area contributed by atoms with Crippen molar-refractivity contribution < 1.29 is 19.4 Å². The highest BCUT2D eigenvalue weighted by Gasteiger charge is 2.36. The van der Waals surface area contributed by atoms with Crippen molar-refractivity contribution in [2.45, 2.75) is 26.0 Å². The van der Waals surface area contributed by atoms with Crippen molar-refractivity contribution in [2.24, 2.45) is 0 Å². The number of benzene rings is 2. The maximum Gasteiger partial charge on any atom is 0.307 e. The van der Waals surface area contributed by atoms with E-state index in [0.717, 1.165) is 5.56 Å². The molecular weight excluding hydrogens is 459 g/mol. The second-order valence-corrected chi connectivity index (χ2v) is 8.82. The van der Waals surface area contributed by atoms with Crippen molar-refractivity contribution in [3.05, 3.63) is 49.9 Å². The lowest BCUT2D eigenvalue weighted by atomic mass is 10.1. The molecule has 0 fully saturated rings. The molecule has 29 heavy (non-hydrogen) atoms. The van der Waals surface area contributed by atoms with Crippen LogP contribution in [0.4, 0.5) is 5.69 Å². The number of hydrogen-bond donors (Lipinski definition) is 1. The van der Waals surface area contributed by atoms with Gasteiger partial charge >= 0.3 is 5.97 Å². The minimum Gasteiger partial charge on any atom is -0.481 e. The zero-order chi connectivity index (χ0) is 20.9. The molecule has 1 aliphatic heterocycles. The third-order valence-corrected chi connectivity index (χ3v) is 6.68. The minimum atomic E-state index is -1.12. The Morgan fingerprint density at radius 3 is 2.76 bits per heavy atom. The van der Waals surface area contributed by atoms with Gasteiger partial charge in [0.25, 0.3) is 5.91 Å². The molecule has 1 aliphatic rings. The first kappa shape index (κ1) is 20.2. The number of carboxylic acid groups (broad SMARTS) is 1. The number of carbonyl (C=O) groups excluding carboxylic acids is 1. The highest BCUT2D eigenvalue weighted by molar-refractivity contribution is 7.19. The molecule has 10 heteroatoms. The SMILES string of the molecule is Cc1ccc2c(c1)OC(CC(=O)O)C(=O)N2Cc1nc2c(Cl)cc(Cl)c(Cl)c2s1. The molecule has 0 radical (unpaired) electrons. The summed E-state index contributed by atoms with van der Waals surface area (Å²) in [7, 11) is 0. The Kier molecular flexibility index (Phi) is 5.33. The number of nitrogens with zero attached hydrogens (tertiary/aromatic N) is 2. The molecular formula is C19H13Cl3N2O4S. The summed E-state index contributed by atoms with van der Waals surface area (Å²) in [5, 5.41) is 10.8. The van der Waals surface area contributed by atoms with Crippen LogP contribution >= 0.6 is 46.1 Å². The number of hydrogen-bond acceptors (Lipinski definition) is 5. The van der Waals surface area contributed by atoms with Crippen LogP contribution in [0.15, 0.2) is 24.3 Å². The van der Waals surface area contributed by atoms with Gasteiger partial charge in [0.05, 0.1) is 38.4 Å². The predicted octanol–water partition coefficient (Wildman–Crippen LogP) is 5.33. The molecule has 0 saturated heterocycles. The Labute approximate surface area is 184 Å². The van der Waals surface area contributed by atoms with Gasteiger partial charge in [-0.25, -0.2) is 4.98 Å². The number of amides is 1. The predicted molar refractivity (Wildman–Crippen MR) is 114 cm³/mol. The smallest absolute Gasteiger partial charge is 0.307 e. The van der Waals surface area contributed by atoms with Crippen molar-refractivity contribution in [3.8, 4) is 5.75 Å². The number of aliphatic carboxylic acids is 1. The van der Waals surface area contributed by atoms with E-state index < -0.39 is 24.4 Å². The summed E-state index contributed by atoms with van der Waals surface area (Å²) in [4.78, 5) is 30.1. The van der Waals surface area contributed by atoms with E-state index in [2.05, 4.69) is 4.98 Å². The fraction of sp³-hybridized carbons (Fsp3) is 0.211. The number of fused-ring (bicyclic) bond motifs is 2. The molecule has 1 N–H and O–H groups in total. The Morgan fingerprint density at radius 1 is 1.28 bits per heavy atom. The quantitative estimate of drug-likeness (QED) is 0.520. The zero-order valence-corrected chi connectivity index (χ0v) is 18.0. The van der Waals surface area contributed by atoms with Crippen LogP contribution in [0.2, 0.25) is 15.1 Å². The number of aryl methyl sites for hydroxylation is 1. The van der Waals surface area contributed by atoms with Crippen LogP contribution in [-0.4, -0.2) is 28.1 Å². The van der Waals surface area contributed by atoms with E-state index in [1.54, 1.807) is 12.1 Å². The van der Waals surface area contributed by atoms with Crippen molar-refractivity contribution in [1.29, 1.82) is 0 Å². The van der Waals surface area contributed by atoms with Gasteiger partial charge in [-0.3, -0.25) is 14.5 Å². The van der Waals surface area contributed by atoms with Crippen LogP contribution in [0.25, 0.3) is 10.2 Å². The Bertz CT molecular complexity index is 1160. The van der Waals surface area contributed by atoms with E-state index in [-0.39, 0.29) is 6.54 Å². The number of carboxylic acids is 1. The van der Waals surface area contributed by atoms with Gasteiger partial charge in [-0.1, -0.05) is 40.9 Å². The molecule has 0 saturated carbocycles. The average Bonchev–Trinajstić information content (AvgIpc) is 3.07. The Morgan fingerprint density at radius 2 is 2.03 bits per heavy atom. The lowest BCUT2D eigenvalue weighted by Gasteiger charge is -2.33. The van der Waals surface area contributed by atoms with Crippen LogP contribution in [0.5, 0.6) is 5.75 Å². The lowest BCUT2D eigenvalue weighted by molar-refractivity contribution is -0.142. The summed E-state index contributed by atoms with van der Waals surface area (Å²) in [6.45, 7) is 2.01.